The van der Waals surface area contributed by atoms with Crippen molar-refractivity contribution >= 4 is 16.4 Å². The van der Waals surface area contributed by atoms with Crippen LogP contribution in [0.4, 0.5) is 0 Å². The summed E-state index contributed by atoms with van der Waals surface area (Å²) in [6, 6.07) is 8.88. The first-order chi connectivity index (χ1) is 6.15. The molecule has 2 atom stereocenters. The van der Waals surface area contributed by atoms with E-state index < -0.39 is 0 Å². The monoisotopic (exact) mass is 194 g/mol. The second-order valence-electron chi connectivity index (χ2n) is 3.52. The third kappa shape index (κ3) is 2.70. The lowest BCUT2D eigenvalue weighted by molar-refractivity contribution is 0.733. The summed E-state index contributed by atoms with van der Waals surface area (Å²) in [5.41, 5.74) is 1.44. The van der Waals surface area contributed by atoms with E-state index in [1.807, 2.05) is 0 Å². The van der Waals surface area contributed by atoms with Crippen molar-refractivity contribution in [3.8, 4) is 0 Å². The number of hydrogen-bond donors (Lipinski definition) is 0. The van der Waals surface area contributed by atoms with E-state index in [0.29, 0.717) is 5.92 Å². The summed E-state index contributed by atoms with van der Waals surface area (Å²) in [5, 5.41) is 0. The van der Waals surface area contributed by atoms with Gasteiger partial charge in [-0.3, -0.25) is 0 Å². The van der Waals surface area contributed by atoms with Gasteiger partial charge >= 0.3 is 0 Å². The Hall–Kier alpha value is -0.560. The van der Waals surface area contributed by atoms with Gasteiger partial charge in [0, 0.05) is 4.90 Å². The van der Waals surface area contributed by atoms with Crippen LogP contribution in [0, 0.1) is 0 Å². The van der Waals surface area contributed by atoms with Gasteiger partial charge in [0.25, 0.3) is 0 Å². The Bertz CT molecular complexity index is 284. The summed E-state index contributed by atoms with van der Waals surface area (Å²) in [6.45, 7) is 4.50. The molecule has 0 aliphatic rings. The van der Waals surface area contributed by atoms with E-state index in [1.54, 1.807) is 0 Å². The van der Waals surface area contributed by atoms with Gasteiger partial charge in [0.15, 0.2) is 0 Å². The molecule has 1 heteroatoms. The fourth-order valence-corrected chi connectivity index (χ4v) is 1.87. The van der Waals surface area contributed by atoms with Crippen LogP contribution in [-0.2, 0) is 0 Å². The molecule has 0 spiro atoms. The Balaban J connectivity index is 2.87. The zero-order valence-electron chi connectivity index (χ0n) is 8.71. The molecule has 0 fully saturated rings. The van der Waals surface area contributed by atoms with E-state index in [9.17, 15) is 0 Å². The van der Waals surface area contributed by atoms with E-state index in [0.717, 1.165) is 0 Å². The third-order valence-electron chi connectivity index (χ3n) is 2.46. The Morgan fingerprint density at radius 2 is 1.85 bits per heavy atom. The minimum absolute atomic E-state index is 0.148. The molecule has 1 aromatic rings. The van der Waals surface area contributed by atoms with Crippen molar-refractivity contribution < 1.29 is 0 Å². The zero-order valence-corrected chi connectivity index (χ0v) is 9.53. The summed E-state index contributed by atoms with van der Waals surface area (Å²) >= 11 is 0. The molecule has 0 bridgehead atoms. The zero-order chi connectivity index (χ0) is 9.84. The van der Waals surface area contributed by atoms with Gasteiger partial charge in [0.05, 0.1) is 0 Å². The first-order valence-electron chi connectivity index (χ1n) is 4.70. The molecule has 0 radical (unpaired) electrons. The first kappa shape index (κ1) is 10.5. The predicted octanol–water partition coefficient (Wildman–Crippen LogP) is 3.89. The van der Waals surface area contributed by atoms with Gasteiger partial charge < -0.3 is 0 Å². The molecule has 2 unspecified atom stereocenters. The topological polar surface area (TPSA) is 0 Å². The third-order valence-corrected chi connectivity index (χ3v) is 3.54. The second kappa shape index (κ2) is 4.61. The van der Waals surface area contributed by atoms with Crippen LogP contribution in [0.5, 0.6) is 0 Å². The number of benzene rings is 1. The first-order valence-corrected chi connectivity index (χ1v) is 6.51. The van der Waals surface area contributed by atoms with Crippen molar-refractivity contribution in [3.05, 3.63) is 29.8 Å². The molecule has 0 saturated heterocycles. The fraction of sp³-hybridized carbons (Fsp3) is 0.417. The molecule has 0 aliphatic carbocycles. The minimum Gasteiger partial charge on any atom is -0.165 e. The van der Waals surface area contributed by atoms with E-state index in [4.69, 9.17) is 0 Å². The lowest BCUT2D eigenvalue weighted by Gasteiger charge is -2.09. The summed E-state index contributed by atoms with van der Waals surface area (Å²) in [6.07, 6.45) is 3.36. The molecule has 1 rings (SSSR count). The average Bonchev–Trinajstić information content (AvgIpc) is 2.17. The smallest absolute Gasteiger partial charge is 0.000872 e. The molecule has 0 aliphatic heterocycles. The molecule has 0 nitrogen and oxygen atoms in total. The highest BCUT2D eigenvalue weighted by Crippen LogP contribution is 2.24. The standard InChI is InChI=1S/C12H18S/c1-5-10(2)11-6-8-12(9-7-11)13(3)4/h6-10H,3,5H2,1-2,4H3. The SMILES string of the molecule is C=S(C)c1ccc(C(C)CC)cc1. The van der Waals surface area contributed by atoms with Crippen molar-refractivity contribution in [2.45, 2.75) is 31.1 Å². The lowest BCUT2D eigenvalue weighted by atomic mass is 9.99. The van der Waals surface area contributed by atoms with E-state index in [1.165, 1.54) is 16.9 Å². The lowest BCUT2D eigenvalue weighted by Crippen LogP contribution is -1.90. The Kier molecular flexibility index (Phi) is 3.73. The quantitative estimate of drug-likeness (QED) is 0.640. The van der Waals surface area contributed by atoms with Gasteiger partial charge in [-0.15, -0.1) is 0 Å². The van der Waals surface area contributed by atoms with Crippen molar-refractivity contribution in [3.63, 3.8) is 0 Å². The van der Waals surface area contributed by atoms with E-state index >= 15 is 0 Å². The van der Waals surface area contributed by atoms with Crippen LogP contribution in [0.2, 0.25) is 0 Å². The Labute approximate surface area is 83.9 Å². The van der Waals surface area contributed by atoms with Crippen molar-refractivity contribution in [1.29, 1.82) is 0 Å². The molecule has 0 heterocycles. The molecule has 0 saturated carbocycles. The number of rotatable bonds is 3. The second-order valence-corrected chi connectivity index (χ2v) is 5.26. The van der Waals surface area contributed by atoms with Crippen LogP contribution in [0.25, 0.3) is 0 Å². The minimum atomic E-state index is 0.148. The molecule has 0 amide bonds. The normalized spacial score (nSPS) is 15.3. The summed E-state index contributed by atoms with van der Waals surface area (Å²) in [4.78, 5) is 1.35. The maximum absolute atomic E-state index is 4.03. The Morgan fingerprint density at radius 1 is 1.31 bits per heavy atom. The predicted molar refractivity (Wildman–Crippen MR) is 64.1 cm³/mol. The van der Waals surface area contributed by atoms with Gasteiger partial charge in [-0.05, 0) is 36.3 Å². The molecule has 72 valence electrons. The van der Waals surface area contributed by atoms with E-state index in [2.05, 4.69) is 50.2 Å². The Morgan fingerprint density at radius 3 is 2.23 bits per heavy atom. The van der Waals surface area contributed by atoms with Crippen LogP contribution >= 0.6 is 10.5 Å². The van der Waals surface area contributed by atoms with Gasteiger partial charge in [-0.1, -0.05) is 31.9 Å². The van der Waals surface area contributed by atoms with Crippen LogP contribution in [-0.4, -0.2) is 12.1 Å². The van der Waals surface area contributed by atoms with Gasteiger partial charge in [-0.2, -0.15) is 10.5 Å². The highest BCUT2D eigenvalue weighted by Gasteiger charge is 2.01. The van der Waals surface area contributed by atoms with Crippen LogP contribution < -0.4 is 0 Å². The van der Waals surface area contributed by atoms with Gasteiger partial charge in [0.1, 0.15) is 0 Å². The van der Waals surface area contributed by atoms with Crippen LogP contribution in [0.3, 0.4) is 0 Å². The van der Waals surface area contributed by atoms with Crippen LogP contribution in [0.1, 0.15) is 31.7 Å². The summed E-state index contributed by atoms with van der Waals surface area (Å²) < 4.78 is 0. The molecule has 0 aromatic heterocycles. The summed E-state index contributed by atoms with van der Waals surface area (Å²) in [7, 11) is 0.148. The molecular formula is C12H18S. The van der Waals surface area contributed by atoms with Crippen molar-refractivity contribution in [2.24, 2.45) is 0 Å². The van der Waals surface area contributed by atoms with Gasteiger partial charge in [0.2, 0.25) is 0 Å². The largest absolute Gasteiger partial charge is 0.165 e. The molecule has 1 aromatic carbocycles. The summed E-state index contributed by atoms with van der Waals surface area (Å²) in [5.74, 6) is 4.71. The van der Waals surface area contributed by atoms with E-state index in [-0.39, 0.29) is 10.5 Å². The maximum atomic E-state index is 4.03. The molecular weight excluding hydrogens is 176 g/mol. The molecule has 0 N–H and O–H groups in total. The van der Waals surface area contributed by atoms with Crippen molar-refractivity contribution in [2.75, 3.05) is 6.26 Å². The molecule has 13 heavy (non-hydrogen) atoms. The highest BCUT2D eigenvalue weighted by molar-refractivity contribution is 8.13. The van der Waals surface area contributed by atoms with Crippen molar-refractivity contribution in [1.82, 2.24) is 0 Å². The van der Waals surface area contributed by atoms with Gasteiger partial charge in [-0.25, -0.2) is 0 Å². The average molecular weight is 194 g/mol. The number of hydrogen-bond acceptors (Lipinski definition) is 0. The highest BCUT2D eigenvalue weighted by atomic mass is 32.2. The maximum Gasteiger partial charge on any atom is 0.000872 e. The van der Waals surface area contributed by atoms with Crippen LogP contribution in [0.15, 0.2) is 29.2 Å². The fourth-order valence-electron chi connectivity index (χ4n) is 1.26.